The lowest BCUT2D eigenvalue weighted by molar-refractivity contribution is -0.161. The predicted octanol–water partition coefficient (Wildman–Crippen LogP) is -0.364. The quantitative estimate of drug-likeness (QED) is 0.181. The third-order valence-electron chi connectivity index (χ3n) is 6.53. The molecule has 4 atom stereocenters. The van der Waals surface area contributed by atoms with Gasteiger partial charge >= 0.3 is 5.97 Å². The molecule has 3 aromatic rings. The van der Waals surface area contributed by atoms with Gasteiger partial charge in [-0.25, -0.2) is 4.79 Å². The molecule has 0 spiro atoms. The van der Waals surface area contributed by atoms with E-state index in [1.54, 1.807) is 26.0 Å². The summed E-state index contributed by atoms with van der Waals surface area (Å²) in [5, 5.41) is 22.6. The summed E-state index contributed by atoms with van der Waals surface area (Å²) in [6.07, 6.45) is 0. The fraction of sp³-hybridized carbons (Fsp3) is 0.269. The van der Waals surface area contributed by atoms with Crippen molar-refractivity contribution in [3.8, 4) is 5.75 Å². The number of carboxylic acids is 1. The second-order valence-corrected chi connectivity index (χ2v) is 12.8. The van der Waals surface area contributed by atoms with Crippen LogP contribution in [0, 0.1) is 0 Å². The van der Waals surface area contributed by atoms with Crippen LogP contribution in [0.1, 0.15) is 25.5 Å². The van der Waals surface area contributed by atoms with Gasteiger partial charge < -0.3 is 42.6 Å². The Kier molecular flexibility index (Phi) is 11.6. The van der Waals surface area contributed by atoms with Crippen LogP contribution < -0.4 is 11.1 Å². The van der Waals surface area contributed by atoms with Gasteiger partial charge in [-0.3, -0.25) is 14.1 Å². The number of aromatic hydroxyl groups is 1. The van der Waals surface area contributed by atoms with E-state index in [0.717, 1.165) is 10.8 Å². The second kappa shape index (κ2) is 13.5. The second-order valence-electron chi connectivity index (χ2n) is 9.64. The van der Waals surface area contributed by atoms with Crippen LogP contribution >= 0.6 is 11.8 Å². The molecule has 0 radical (unpaired) electrons. The van der Waals surface area contributed by atoms with Crippen LogP contribution in [-0.2, 0) is 24.5 Å². The van der Waals surface area contributed by atoms with Crippen molar-refractivity contribution >= 4 is 50.4 Å². The SMILES string of the molecule is CC1(C)S[C@@H]2[C@H](NC(=O)C(N)c3ccc(O)cc3)C(=O)N2[C@H]1C(=O)O.O.O.O.O=S(=O)(O)c1ccc2ccccc2c1. The molecule has 1 unspecified atom stereocenters. The maximum absolute atomic E-state index is 12.3. The third kappa shape index (κ3) is 7.16. The summed E-state index contributed by atoms with van der Waals surface area (Å²) >= 11 is 1.35. The minimum atomic E-state index is -4.09. The van der Waals surface area contributed by atoms with Gasteiger partial charge in [0.1, 0.15) is 29.2 Å². The molecule has 2 fully saturated rings. The lowest BCUT2D eigenvalue weighted by Crippen LogP contribution is -2.71. The molecule has 3 aromatic carbocycles. The number of thioether (sulfide) groups is 1. The fourth-order valence-electron chi connectivity index (χ4n) is 4.55. The summed E-state index contributed by atoms with van der Waals surface area (Å²) in [6, 6.07) is 15.1. The van der Waals surface area contributed by atoms with Crippen LogP contribution in [0.15, 0.2) is 71.6 Å². The number of phenols is 1. The minimum Gasteiger partial charge on any atom is -0.508 e. The van der Waals surface area contributed by atoms with E-state index < -0.39 is 56.1 Å². The third-order valence-corrected chi connectivity index (χ3v) is 8.95. The van der Waals surface area contributed by atoms with Gasteiger partial charge in [0.25, 0.3) is 10.1 Å². The van der Waals surface area contributed by atoms with Crippen LogP contribution in [0.4, 0.5) is 0 Å². The first-order valence-corrected chi connectivity index (χ1v) is 14.1. The van der Waals surface area contributed by atoms with Gasteiger partial charge in [-0.05, 0) is 54.4 Å². The highest BCUT2D eigenvalue weighted by Gasteiger charge is 2.64. The Hall–Kier alpha value is -3.77. The van der Waals surface area contributed by atoms with E-state index in [4.69, 9.17) is 10.3 Å². The summed E-state index contributed by atoms with van der Waals surface area (Å²) in [6.45, 7) is 3.53. The molecule has 42 heavy (non-hydrogen) atoms. The molecule has 2 amide bonds. The standard InChI is InChI=1S/C16H19N3O5S.C10H8O3S.3H2O/c1-16(2)11(15(23)24)19-13(22)10(14(19)25-16)18-12(21)9(17)7-3-5-8(20)6-4-7;11-14(12,13)10-6-5-8-3-1-2-4-9(8)7-10;;;/h3-6,9-11,14,20H,17H2,1-2H3,(H,18,21)(H,23,24);1-7H,(H,11,12,13);3*1H2/t9?,10-,11+,14-;;;;/m1..../s1. The van der Waals surface area contributed by atoms with Gasteiger partial charge in [0, 0.05) is 4.75 Å². The van der Waals surface area contributed by atoms with Crippen LogP contribution in [0.25, 0.3) is 10.8 Å². The zero-order valence-corrected chi connectivity index (χ0v) is 24.0. The molecule has 16 heteroatoms. The number of nitrogens with zero attached hydrogens (tertiary/aromatic N) is 1. The van der Waals surface area contributed by atoms with E-state index in [1.165, 1.54) is 53.1 Å². The smallest absolute Gasteiger partial charge is 0.327 e. The molecule has 5 rings (SSSR count). The highest BCUT2D eigenvalue weighted by Crippen LogP contribution is 2.50. The monoisotopic (exact) mass is 627 g/mol. The number of rotatable bonds is 5. The van der Waals surface area contributed by atoms with Gasteiger partial charge in [-0.1, -0.05) is 42.5 Å². The van der Waals surface area contributed by atoms with Crippen LogP contribution in [0.5, 0.6) is 5.75 Å². The molecule has 0 bridgehead atoms. The molecule has 12 N–H and O–H groups in total. The first-order chi connectivity index (χ1) is 18.2. The van der Waals surface area contributed by atoms with Crippen molar-refractivity contribution < 1.29 is 54.0 Å². The number of amides is 2. The van der Waals surface area contributed by atoms with Crippen molar-refractivity contribution in [2.24, 2.45) is 5.73 Å². The number of carboxylic acid groups (broad SMARTS) is 1. The number of nitrogens with two attached hydrogens (primary N) is 1. The average molecular weight is 628 g/mol. The number of nitrogens with one attached hydrogen (secondary N) is 1. The van der Waals surface area contributed by atoms with E-state index in [0.29, 0.717) is 5.56 Å². The van der Waals surface area contributed by atoms with Gasteiger partial charge in [-0.15, -0.1) is 11.8 Å². The predicted molar refractivity (Wildman–Crippen MR) is 155 cm³/mol. The van der Waals surface area contributed by atoms with E-state index in [1.807, 2.05) is 18.2 Å². The largest absolute Gasteiger partial charge is 0.508 e. The van der Waals surface area contributed by atoms with E-state index in [2.05, 4.69) is 5.32 Å². The Bertz CT molecular complexity index is 1550. The van der Waals surface area contributed by atoms with E-state index in [9.17, 15) is 33.0 Å². The lowest BCUT2D eigenvalue weighted by Gasteiger charge is -2.43. The number of phenolic OH excluding ortho intramolecular Hbond substituents is 1. The van der Waals surface area contributed by atoms with Gasteiger partial charge in [0.15, 0.2) is 0 Å². The summed E-state index contributed by atoms with van der Waals surface area (Å²) in [5.74, 6) is -1.94. The summed E-state index contributed by atoms with van der Waals surface area (Å²) in [7, 11) is -4.09. The first kappa shape index (κ1) is 36.3. The topological polar surface area (TPSA) is 282 Å². The highest BCUT2D eigenvalue weighted by molar-refractivity contribution is 8.01. The van der Waals surface area contributed by atoms with Gasteiger partial charge in [0.05, 0.1) is 4.90 Å². The fourth-order valence-corrected chi connectivity index (χ4v) is 6.69. The minimum absolute atomic E-state index is 0. The molecule has 2 aliphatic rings. The number of carbonyl (C=O) groups is 3. The number of aliphatic carboxylic acids is 1. The Labute approximate surface area is 245 Å². The van der Waals surface area contributed by atoms with Crippen molar-refractivity contribution in [1.82, 2.24) is 10.2 Å². The normalized spacial score (nSPS) is 20.6. The summed E-state index contributed by atoms with van der Waals surface area (Å²) in [4.78, 5) is 37.4. The van der Waals surface area contributed by atoms with E-state index >= 15 is 0 Å². The molecule has 2 aliphatic heterocycles. The van der Waals surface area contributed by atoms with Crippen molar-refractivity contribution in [1.29, 1.82) is 0 Å². The number of carbonyl (C=O) groups excluding carboxylic acids is 2. The maximum atomic E-state index is 12.3. The molecule has 14 nitrogen and oxygen atoms in total. The van der Waals surface area contributed by atoms with Crippen LogP contribution in [0.2, 0.25) is 0 Å². The Balaban J connectivity index is 0.000000446. The summed E-state index contributed by atoms with van der Waals surface area (Å²) < 4.78 is 29.8. The zero-order chi connectivity index (χ0) is 28.7. The lowest BCUT2D eigenvalue weighted by atomic mass is 9.95. The van der Waals surface area contributed by atoms with Gasteiger partial charge in [0.2, 0.25) is 11.8 Å². The van der Waals surface area contributed by atoms with Crippen LogP contribution in [0.3, 0.4) is 0 Å². The number of hydrogen-bond donors (Lipinski definition) is 5. The molecular weight excluding hydrogens is 594 g/mol. The number of hydrogen-bond acceptors (Lipinski definition) is 8. The molecular formula is C26H33N3O11S2. The summed E-state index contributed by atoms with van der Waals surface area (Å²) in [5.41, 5.74) is 6.41. The molecule has 2 saturated heterocycles. The number of β-lactam (4-membered cyclic amide) rings is 1. The highest BCUT2D eigenvalue weighted by atomic mass is 32.2. The van der Waals surface area contributed by atoms with Gasteiger partial charge in [-0.2, -0.15) is 8.42 Å². The van der Waals surface area contributed by atoms with Crippen molar-refractivity contribution in [3.63, 3.8) is 0 Å². The zero-order valence-electron chi connectivity index (χ0n) is 22.4. The average Bonchev–Trinajstić information content (AvgIpc) is 3.14. The Morgan fingerprint density at radius 2 is 1.57 bits per heavy atom. The molecule has 0 saturated carbocycles. The van der Waals surface area contributed by atoms with Crippen molar-refractivity contribution in [2.45, 2.75) is 47.0 Å². The molecule has 2 heterocycles. The molecule has 230 valence electrons. The Morgan fingerprint density at radius 3 is 2.12 bits per heavy atom. The maximum Gasteiger partial charge on any atom is 0.327 e. The van der Waals surface area contributed by atoms with Crippen molar-refractivity contribution in [3.05, 3.63) is 72.3 Å². The van der Waals surface area contributed by atoms with Crippen LogP contribution in [-0.4, -0.2) is 84.5 Å². The molecule has 0 aromatic heterocycles. The van der Waals surface area contributed by atoms with Crippen molar-refractivity contribution in [2.75, 3.05) is 0 Å². The Morgan fingerprint density at radius 1 is 1.00 bits per heavy atom. The van der Waals surface area contributed by atoms with E-state index in [-0.39, 0.29) is 27.1 Å². The number of benzene rings is 3. The number of fused-ring (bicyclic) bond motifs is 2. The first-order valence-electron chi connectivity index (χ1n) is 11.7. The molecule has 0 aliphatic carbocycles.